The van der Waals surface area contributed by atoms with Crippen molar-refractivity contribution in [1.29, 1.82) is 0 Å². The zero-order valence-corrected chi connectivity index (χ0v) is 18.3. The molecule has 1 aromatic heterocycles. The molecule has 0 amide bonds. The van der Waals surface area contributed by atoms with Crippen LogP contribution in [0, 0.1) is 0 Å². The lowest BCUT2D eigenvalue weighted by molar-refractivity contribution is 0.0730. The highest BCUT2D eigenvalue weighted by molar-refractivity contribution is 7.89. The quantitative estimate of drug-likeness (QED) is 0.432. The molecule has 2 aromatic carbocycles. The van der Waals surface area contributed by atoms with E-state index in [0.717, 1.165) is 16.8 Å². The minimum absolute atomic E-state index is 0.279. The number of benzene rings is 2. The summed E-state index contributed by atoms with van der Waals surface area (Å²) in [4.78, 5) is 4.79. The molecule has 0 aliphatic carbocycles. The van der Waals surface area contributed by atoms with Gasteiger partial charge in [-0.15, -0.1) is 11.3 Å². The first-order valence-electron chi connectivity index (χ1n) is 9.77. The third kappa shape index (κ3) is 5.45. The van der Waals surface area contributed by atoms with Crippen LogP contribution in [-0.2, 0) is 14.8 Å². The van der Waals surface area contributed by atoms with Crippen molar-refractivity contribution in [2.24, 2.45) is 5.10 Å². The Morgan fingerprint density at radius 2 is 1.81 bits per heavy atom. The van der Waals surface area contributed by atoms with Gasteiger partial charge in [-0.25, -0.2) is 13.4 Å². The van der Waals surface area contributed by atoms with Gasteiger partial charge >= 0.3 is 0 Å². The third-order valence-corrected chi connectivity index (χ3v) is 7.33. The second-order valence-electron chi connectivity index (χ2n) is 6.74. The number of nitrogens with zero attached hydrogens (tertiary/aromatic N) is 3. The molecule has 4 rings (SSSR count). The first-order chi connectivity index (χ1) is 15.1. The fourth-order valence-corrected chi connectivity index (χ4v) is 5.12. The Morgan fingerprint density at radius 3 is 2.55 bits per heavy atom. The van der Waals surface area contributed by atoms with Gasteiger partial charge in [0.25, 0.3) is 0 Å². The number of thiazole rings is 1. The van der Waals surface area contributed by atoms with Gasteiger partial charge in [-0.05, 0) is 23.8 Å². The summed E-state index contributed by atoms with van der Waals surface area (Å²) in [6.07, 6.45) is 5.48. The molecule has 9 heteroatoms. The van der Waals surface area contributed by atoms with E-state index in [2.05, 4.69) is 15.5 Å². The number of hydrazone groups is 1. The van der Waals surface area contributed by atoms with Crippen LogP contribution in [0.4, 0.5) is 5.13 Å². The smallest absolute Gasteiger partial charge is 0.243 e. The van der Waals surface area contributed by atoms with E-state index in [1.165, 1.54) is 15.6 Å². The molecule has 1 aliphatic rings. The van der Waals surface area contributed by atoms with E-state index in [1.54, 1.807) is 30.5 Å². The summed E-state index contributed by atoms with van der Waals surface area (Å²) in [7, 11) is -3.50. The first kappa shape index (κ1) is 21.4. The second-order valence-corrected chi connectivity index (χ2v) is 9.53. The Bertz CT molecular complexity index is 1150. The third-order valence-electron chi connectivity index (χ3n) is 4.67. The van der Waals surface area contributed by atoms with Crippen LogP contribution in [0.15, 0.2) is 76.1 Å². The molecule has 31 heavy (non-hydrogen) atoms. The molecule has 1 fully saturated rings. The van der Waals surface area contributed by atoms with Crippen molar-refractivity contribution in [3.8, 4) is 11.3 Å². The Hall–Kier alpha value is -2.85. The van der Waals surface area contributed by atoms with Crippen LogP contribution in [0.3, 0.4) is 0 Å². The molecule has 0 radical (unpaired) electrons. The average Bonchev–Trinajstić information content (AvgIpc) is 3.29. The largest absolute Gasteiger partial charge is 0.379 e. The number of sulfonamides is 1. The molecule has 1 saturated heterocycles. The molecule has 7 nitrogen and oxygen atoms in total. The van der Waals surface area contributed by atoms with Crippen molar-refractivity contribution in [2.45, 2.75) is 4.90 Å². The normalized spacial score (nSPS) is 15.6. The molecule has 1 aliphatic heterocycles. The maximum Gasteiger partial charge on any atom is 0.243 e. The van der Waals surface area contributed by atoms with Crippen molar-refractivity contribution < 1.29 is 13.2 Å². The number of nitrogens with one attached hydrogen (secondary N) is 1. The number of morpholine rings is 1. The maximum atomic E-state index is 12.7. The molecule has 0 spiro atoms. The molecule has 1 N–H and O–H groups in total. The monoisotopic (exact) mass is 454 g/mol. The summed E-state index contributed by atoms with van der Waals surface area (Å²) in [6, 6.07) is 16.8. The van der Waals surface area contributed by atoms with Gasteiger partial charge in [0.1, 0.15) is 0 Å². The Kier molecular flexibility index (Phi) is 6.88. The number of anilines is 1. The molecule has 160 valence electrons. The number of aromatic nitrogens is 1. The van der Waals surface area contributed by atoms with Gasteiger partial charge in [0.15, 0.2) is 0 Å². The summed E-state index contributed by atoms with van der Waals surface area (Å²) in [5.41, 5.74) is 5.62. The van der Waals surface area contributed by atoms with Gasteiger partial charge in [0, 0.05) is 30.2 Å². The summed E-state index contributed by atoms with van der Waals surface area (Å²) in [5, 5.41) is 6.72. The van der Waals surface area contributed by atoms with E-state index in [-0.39, 0.29) is 4.90 Å². The fourth-order valence-electron chi connectivity index (χ4n) is 3.05. The molecule has 0 atom stereocenters. The Balaban J connectivity index is 1.37. The van der Waals surface area contributed by atoms with Gasteiger partial charge in [0.2, 0.25) is 15.2 Å². The van der Waals surface area contributed by atoms with E-state index in [4.69, 9.17) is 4.74 Å². The van der Waals surface area contributed by atoms with E-state index in [1.807, 2.05) is 47.9 Å². The van der Waals surface area contributed by atoms with Crippen LogP contribution < -0.4 is 5.43 Å². The van der Waals surface area contributed by atoms with Crippen molar-refractivity contribution in [2.75, 3.05) is 31.7 Å². The van der Waals surface area contributed by atoms with Gasteiger partial charge in [-0.1, -0.05) is 48.5 Å². The molecular weight excluding hydrogens is 432 g/mol. The molecule has 3 aromatic rings. The van der Waals surface area contributed by atoms with E-state index in [9.17, 15) is 8.42 Å². The fraction of sp³-hybridized carbons (Fsp3) is 0.182. The highest BCUT2D eigenvalue weighted by Gasteiger charge is 2.26. The van der Waals surface area contributed by atoms with Crippen LogP contribution >= 0.6 is 11.3 Å². The van der Waals surface area contributed by atoms with Crippen molar-refractivity contribution in [3.05, 3.63) is 71.6 Å². The number of allylic oxidation sites excluding steroid dienone is 1. The number of rotatable bonds is 7. The van der Waals surface area contributed by atoms with Gasteiger partial charge < -0.3 is 4.74 Å². The number of hydrogen-bond donors (Lipinski definition) is 1. The highest BCUT2D eigenvalue weighted by atomic mass is 32.2. The van der Waals surface area contributed by atoms with Gasteiger partial charge in [0.05, 0.1) is 23.8 Å². The van der Waals surface area contributed by atoms with E-state index >= 15 is 0 Å². The predicted molar refractivity (Wildman–Crippen MR) is 125 cm³/mol. The van der Waals surface area contributed by atoms with Crippen molar-refractivity contribution in [1.82, 2.24) is 9.29 Å². The predicted octanol–water partition coefficient (Wildman–Crippen LogP) is 3.94. The molecular formula is C22H22N4O3S2. The summed E-state index contributed by atoms with van der Waals surface area (Å²) in [5.74, 6) is 0. The molecule has 2 heterocycles. The zero-order valence-electron chi connectivity index (χ0n) is 16.7. The summed E-state index contributed by atoms with van der Waals surface area (Å²) < 4.78 is 32.2. The highest BCUT2D eigenvalue weighted by Crippen LogP contribution is 2.26. The molecule has 0 bridgehead atoms. The Morgan fingerprint density at radius 1 is 1.06 bits per heavy atom. The minimum atomic E-state index is -3.50. The van der Waals surface area contributed by atoms with Crippen LogP contribution in [0.1, 0.15) is 5.56 Å². The Labute approximate surface area is 185 Å². The van der Waals surface area contributed by atoms with Crippen LogP contribution in [0.2, 0.25) is 0 Å². The lowest BCUT2D eigenvalue weighted by atomic mass is 10.2. The SMILES string of the molecule is O=S(=O)(c1ccc(-c2csc(N/N=C/C=C/c3ccccc3)n2)cc1)N1CCOCC1. The van der Waals surface area contributed by atoms with Crippen LogP contribution in [0.25, 0.3) is 17.3 Å². The minimum Gasteiger partial charge on any atom is -0.379 e. The topological polar surface area (TPSA) is 83.9 Å². The van der Waals surface area contributed by atoms with Crippen molar-refractivity contribution >= 4 is 38.8 Å². The van der Waals surface area contributed by atoms with Gasteiger partial charge in [-0.2, -0.15) is 9.41 Å². The molecule has 0 saturated carbocycles. The summed E-state index contributed by atoms with van der Waals surface area (Å²) >= 11 is 1.43. The second kappa shape index (κ2) is 9.97. The number of hydrogen-bond acceptors (Lipinski definition) is 7. The molecule has 0 unspecified atom stereocenters. The zero-order chi connectivity index (χ0) is 21.5. The number of ether oxygens (including phenoxy) is 1. The lowest BCUT2D eigenvalue weighted by Crippen LogP contribution is -2.40. The van der Waals surface area contributed by atoms with E-state index in [0.29, 0.717) is 31.4 Å². The maximum absolute atomic E-state index is 12.7. The van der Waals surface area contributed by atoms with Crippen LogP contribution in [0.5, 0.6) is 0 Å². The van der Waals surface area contributed by atoms with E-state index < -0.39 is 10.0 Å². The lowest BCUT2D eigenvalue weighted by Gasteiger charge is -2.26. The summed E-state index contributed by atoms with van der Waals surface area (Å²) in [6.45, 7) is 1.62. The van der Waals surface area contributed by atoms with Crippen LogP contribution in [-0.4, -0.2) is 50.2 Å². The van der Waals surface area contributed by atoms with Crippen molar-refractivity contribution in [3.63, 3.8) is 0 Å². The first-order valence-corrected chi connectivity index (χ1v) is 12.1. The van der Waals surface area contributed by atoms with Gasteiger partial charge in [-0.3, -0.25) is 5.43 Å². The standard InChI is InChI=1S/C22H22N4O3S2/c27-31(28,26-13-15-29-16-14-26)20-10-8-19(9-11-20)21-17-30-22(24-21)25-23-12-4-7-18-5-2-1-3-6-18/h1-12,17H,13-16H2,(H,24,25)/b7-4+,23-12+. The average molecular weight is 455 g/mol.